The Balaban J connectivity index is 1.98. The first kappa shape index (κ1) is 16.2. The molecule has 0 radical (unpaired) electrons. The number of sulfonamides is 1. The van der Waals surface area contributed by atoms with E-state index in [0.29, 0.717) is 12.2 Å². The molecule has 1 saturated heterocycles. The first-order valence-electron chi connectivity index (χ1n) is 7.18. The lowest BCUT2D eigenvalue weighted by atomic mass is 10.2. The minimum Gasteiger partial charge on any atom is -0.468 e. The number of rotatable bonds is 5. The van der Waals surface area contributed by atoms with Crippen LogP contribution < -0.4 is 0 Å². The Morgan fingerprint density at radius 2 is 1.87 bits per heavy atom. The van der Waals surface area contributed by atoms with E-state index in [1.165, 1.54) is 22.7 Å². The van der Waals surface area contributed by atoms with Crippen LogP contribution in [0.25, 0.3) is 0 Å². The van der Waals surface area contributed by atoms with Gasteiger partial charge in [-0.1, -0.05) is 18.2 Å². The number of nitrogens with zero attached hydrogens (tertiary/aromatic N) is 1. The van der Waals surface area contributed by atoms with E-state index in [1.807, 2.05) is 0 Å². The minimum atomic E-state index is -3.80. The highest BCUT2D eigenvalue weighted by molar-refractivity contribution is 7.92. The van der Waals surface area contributed by atoms with E-state index in [-0.39, 0.29) is 22.9 Å². The van der Waals surface area contributed by atoms with Gasteiger partial charge in [-0.3, -0.25) is 0 Å². The standard InChI is InChI=1S/C15H17NO5S2/c17-22(18)10-8-13(12-22)16(11-14-5-4-9-21-14)23(19,20)15-6-2-1-3-7-15/h1-7,9,13H,8,10-12H2/t13-/m0/s1. The molecule has 23 heavy (non-hydrogen) atoms. The van der Waals surface area contributed by atoms with Crippen LogP contribution in [-0.4, -0.2) is 38.7 Å². The maximum absolute atomic E-state index is 12.9. The maximum Gasteiger partial charge on any atom is 0.243 e. The highest BCUT2D eigenvalue weighted by atomic mass is 32.2. The van der Waals surface area contributed by atoms with Crippen molar-refractivity contribution in [3.05, 3.63) is 54.5 Å². The molecular formula is C15H17NO5S2. The first-order valence-corrected chi connectivity index (χ1v) is 10.4. The molecule has 1 atom stereocenters. The lowest BCUT2D eigenvalue weighted by Crippen LogP contribution is -2.40. The fourth-order valence-corrected chi connectivity index (χ4v) is 6.16. The van der Waals surface area contributed by atoms with Crippen molar-refractivity contribution in [2.75, 3.05) is 11.5 Å². The normalized spacial score (nSPS) is 20.8. The Morgan fingerprint density at radius 3 is 2.43 bits per heavy atom. The lowest BCUT2D eigenvalue weighted by Gasteiger charge is -2.26. The zero-order valence-electron chi connectivity index (χ0n) is 12.3. The minimum absolute atomic E-state index is 0.0105. The lowest BCUT2D eigenvalue weighted by molar-refractivity contribution is 0.307. The van der Waals surface area contributed by atoms with Gasteiger partial charge < -0.3 is 4.42 Å². The molecule has 2 aromatic rings. The summed E-state index contributed by atoms with van der Waals surface area (Å²) >= 11 is 0. The van der Waals surface area contributed by atoms with Gasteiger partial charge in [0, 0.05) is 6.04 Å². The Kier molecular flexibility index (Phi) is 4.31. The van der Waals surface area contributed by atoms with Crippen molar-refractivity contribution >= 4 is 19.9 Å². The van der Waals surface area contributed by atoms with Crippen LogP contribution in [0.4, 0.5) is 0 Å². The van der Waals surface area contributed by atoms with E-state index < -0.39 is 25.9 Å². The third-order valence-corrected chi connectivity index (χ3v) is 7.52. The van der Waals surface area contributed by atoms with Crippen LogP contribution in [0.2, 0.25) is 0 Å². The van der Waals surface area contributed by atoms with Gasteiger partial charge in [0.05, 0.1) is 29.2 Å². The Labute approximate surface area is 135 Å². The van der Waals surface area contributed by atoms with E-state index in [9.17, 15) is 16.8 Å². The third kappa shape index (κ3) is 3.49. The monoisotopic (exact) mass is 355 g/mol. The van der Waals surface area contributed by atoms with Crippen LogP contribution in [0, 0.1) is 0 Å². The zero-order valence-corrected chi connectivity index (χ0v) is 14.0. The summed E-state index contributed by atoms with van der Waals surface area (Å²) in [5, 5.41) is 0. The van der Waals surface area contributed by atoms with Gasteiger partial charge >= 0.3 is 0 Å². The first-order chi connectivity index (χ1) is 10.9. The number of hydrogen-bond acceptors (Lipinski definition) is 5. The largest absolute Gasteiger partial charge is 0.468 e. The molecule has 1 aliphatic heterocycles. The number of benzene rings is 1. The molecule has 2 heterocycles. The van der Waals surface area contributed by atoms with Crippen molar-refractivity contribution in [3.8, 4) is 0 Å². The van der Waals surface area contributed by atoms with E-state index in [1.54, 1.807) is 30.3 Å². The van der Waals surface area contributed by atoms with E-state index in [0.717, 1.165) is 0 Å². The molecular weight excluding hydrogens is 338 g/mol. The third-order valence-electron chi connectivity index (χ3n) is 3.86. The number of hydrogen-bond donors (Lipinski definition) is 0. The second kappa shape index (κ2) is 6.10. The molecule has 0 bridgehead atoms. The van der Waals surface area contributed by atoms with Gasteiger partial charge in [-0.15, -0.1) is 0 Å². The topological polar surface area (TPSA) is 84.7 Å². The number of furan rings is 1. The summed E-state index contributed by atoms with van der Waals surface area (Å²) in [5.74, 6) is 0.338. The van der Waals surface area contributed by atoms with E-state index in [2.05, 4.69) is 0 Å². The molecule has 3 rings (SSSR count). The molecule has 0 spiro atoms. The van der Waals surface area contributed by atoms with E-state index >= 15 is 0 Å². The predicted molar refractivity (Wildman–Crippen MR) is 84.9 cm³/mol. The van der Waals surface area contributed by atoms with Crippen LogP contribution in [0.1, 0.15) is 12.2 Å². The van der Waals surface area contributed by atoms with Gasteiger partial charge in [-0.05, 0) is 30.7 Å². The van der Waals surface area contributed by atoms with Crippen molar-refractivity contribution in [2.24, 2.45) is 0 Å². The van der Waals surface area contributed by atoms with Gasteiger partial charge in [-0.25, -0.2) is 16.8 Å². The molecule has 124 valence electrons. The molecule has 1 fully saturated rings. The van der Waals surface area contributed by atoms with Gasteiger partial charge in [0.25, 0.3) is 0 Å². The van der Waals surface area contributed by atoms with Crippen LogP contribution in [0.3, 0.4) is 0 Å². The second-order valence-corrected chi connectivity index (χ2v) is 9.62. The van der Waals surface area contributed by atoms with Gasteiger partial charge in [0.2, 0.25) is 10.0 Å². The highest BCUT2D eigenvalue weighted by Gasteiger charge is 2.39. The summed E-state index contributed by atoms with van der Waals surface area (Å²) in [7, 11) is -7.00. The van der Waals surface area contributed by atoms with Crippen molar-refractivity contribution in [2.45, 2.75) is 23.9 Å². The van der Waals surface area contributed by atoms with Crippen molar-refractivity contribution in [1.29, 1.82) is 0 Å². The summed E-state index contributed by atoms with van der Waals surface area (Å²) in [6.07, 6.45) is 1.77. The molecule has 0 saturated carbocycles. The second-order valence-electron chi connectivity index (χ2n) is 5.50. The summed E-state index contributed by atoms with van der Waals surface area (Å²) in [6, 6.07) is 10.8. The fourth-order valence-electron chi connectivity index (χ4n) is 2.70. The molecule has 8 heteroatoms. The summed E-state index contributed by atoms with van der Waals surface area (Å²) < 4.78 is 55.9. The molecule has 0 amide bonds. The smallest absolute Gasteiger partial charge is 0.243 e. The Bertz CT molecular complexity index is 858. The van der Waals surface area contributed by atoms with Crippen molar-refractivity contribution in [3.63, 3.8) is 0 Å². The highest BCUT2D eigenvalue weighted by Crippen LogP contribution is 2.27. The van der Waals surface area contributed by atoms with Crippen LogP contribution in [-0.2, 0) is 26.4 Å². The molecule has 6 nitrogen and oxygen atoms in total. The van der Waals surface area contributed by atoms with Gasteiger partial charge in [0.1, 0.15) is 5.76 Å². The van der Waals surface area contributed by atoms with Crippen LogP contribution in [0.5, 0.6) is 0 Å². The van der Waals surface area contributed by atoms with Gasteiger partial charge in [-0.2, -0.15) is 4.31 Å². The fraction of sp³-hybridized carbons (Fsp3) is 0.333. The van der Waals surface area contributed by atoms with E-state index in [4.69, 9.17) is 4.42 Å². The Morgan fingerprint density at radius 1 is 1.13 bits per heavy atom. The average Bonchev–Trinajstić information content (AvgIpc) is 3.14. The summed E-state index contributed by atoms with van der Waals surface area (Å²) in [5.41, 5.74) is 0. The molecule has 0 unspecified atom stereocenters. The Hall–Kier alpha value is -1.64. The molecule has 1 aliphatic rings. The quantitative estimate of drug-likeness (QED) is 0.814. The van der Waals surface area contributed by atoms with Crippen LogP contribution >= 0.6 is 0 Å². The zero-order chi connectivity index (χ0) is 16.5. The average molecular weight is 355 g/mol. The molecule has 1 aromatic carbocycles. The van der Waals surface area contributed by atoms with Crippen LogP contribution in [0.15, 0.2) is 58.0 Å². The SMILES string of the molecule is O=S1(=O)CC[C@H](N(Cc2ccco2)S(=O)(=O)c2ccccc2)C1. The summed E-state index contributed by atoms with van der Waals surface area (Å²) in [4.78, 5) is 0.149. The van der Waals surface area contributed by atoms with Crippen molar-refractivity contribution < 1.29 is 21.3 Å². The molecule has 1 aromatic heterocycles. The molecule has 0 aliphatic carbocycles. The predicted octanol–water partition coefficient (Wildman–Crippen LogP) is 1.66. The van der Waals surface area contributed by atoms with Crippen molar-refractivity contribution in [1.82, 2.24) is 4.31 Å². The van der Waals surface area contributed by atoms with Gasteiger partial charge in [0.15, 0.2) is 9.84 Å². The summed E-state index contributed by atoms with van der Waals surface area (Å²) in [6.45, 7) is 0.0183. The number of sulfone groups is 1. The maximum atomic E-state index is 12.9. The molecule has 0 N–H and O–H groups in total.